The van der Waals surface area contributed by atoms with Gasteiger partial charge in [-0.3, -0.25) is 0 Å². The van der Waals surface area contributed by atoms with Gasteiger partial charge in [0.2, 0.25) is 5.75 Å². The molecule has 9 heteroatoms. The van der Waals surface area contributed by atoms with Gasteiger partial charge in [0.05, 0.1) is 12.8 Å². The summed E-state index contributed by atoms with van der Waals surface area (Å²) in [5.74, 6) is 2.91. The fourth-order valence-corrected chi connectivity index (χ4v) is 4.88. The molecule has 0 saturated carbocycles. The normalized spacial score (nSPS) is 17.1. The number of piperidine rings is 1. The van der Waals surface area contributed by atoms with E-state index in [1.165, 1.54) is 31.9 Å². The van der Waals surface area contributed by atoms with E-state index in [9.17, 15) is 4.39 Å². The molecular formula is C25H32FN7O. The van der Waals surface area contributed by atoms with Gasteiger partial charge in [-0.2, -0.15) is 0 Å². The second kappa shape index (κ2) is 9.58. The number of hydrogen-bond donors (Lipinski definition) is 1. The van der Waals surface area contributed by atoms with Crippen LogP contribution in [0.2, 0.25) is 0 Å². The molecule has 2 N–H and O–H groups in total. The van der Waals surface area contributed by atoms with Gasteiger partial charge in [-0.05, 0) is 63.0 Å². The molecule has 2 aliphatic heterocycles. The maximum atomic E-state index is 13.8. The Kier molecular flexibility index (Phi) is 6.36. The topological polar surface area (TPSA) is 85.3 Å². The Morgan fingerprint density at radius 1 is 1.12 bits per heavy atom. The molecule has 0 radical (unpaired) electrons. The monoisotopic (exact) mass is 465 g/mol. The number of hydrogen-bond acceptors (Lipinski definition) is 7. The molecule has 2 aromatic heterocycles. The fourth-order valence-electron chi connectivity index (χ4n) is 4.88. The van der Waals surface area contributed by atoms with Crippen molar-refractivity contribution in [2.75, 3.05) is 50.5 Å². The number of nitrogens with two attached hydrogens (primary N) is 1. The zero-order valence-electron chi connectivity index (χ0n) is 19.9. The molecule has 0 spiro atoms. The van der Waals surface area contributed by atoms with Gasteiger partial charge in [0.15, 0.2) is 11.6 Å². The lowest BCUT2D eigenvalue weighted by Crippen LogP contribution is -2.39. The maximum Gasteiger partial charge on any atom is 0.204 e. The van der Waals surface area contributed by atoms with Gasteiger partial charge >= 0.3 is 0 Å². The smallest absolute Gasteiger partial charge is 0.204 e. The first kappa shape index (κ1) is 22.6. The number of halogens is 1. The number of imidazole rings is 1. The second-order valence-corrected chi connectivity index (χ2v) is 9.21. The second-order valence-electron chi connectivity index (χ2n) is 9.21. The Balaban J connectivity index is 1.37. The zero-order valence-corrected chi connectivity index (χ0v) is 19.9. The van der Waals surface area contributed by atoms with Gasteiger partial charge in [0, 0.05) is 43.9 Å². The number of benzene rings is 1. The Morgan fingerprint density at radius 2 is 1.91 bits per heavy atom. The van der Waals surface area contributed by atoms with Crippen molar-refractivity contribution in [2.24, 2.45) is 0 Å². The number of aromatic nitrogens is 4. The molecular weight excluding hydrogens is 433 g/mol. The summed E-state index contributed by atoms with van der Waals surface area (Å²) < 4.78 is 21.6. The van der Waals surface area contributed by atoms with Gasteiger partial charge in [-0.1, -0.05) is 0 Å². The molecule has 3 aromatic rings. The summed E-state index contributed by atoms with van der Waals surface area (Å²) in [6.45, 7) is 7.76. The average molecular weight is 466 g/mol. The van der Waals surface area contributed by atoms with Crippen LogP contribution in [0.15, 0.2) is 30.7 Å². The number of likely N-dealkylation sites (tertiary alicyclic amines) is 1. The standard InChI is InChI=1S/C25H32FN7O/c1-17-14-19(4-5-20(17)26)21-15-33(13-12-31-8-3-9-31)24(30-21)18-6-10-32(11-7-18)25-22(34-2)23(27)28-16-29-25/h4-5,14-16,18H,3,6-13H2,1-2H3,(H2,27,28,29). The van der Waals surface area contributed by atoms with E-state index in [0.29, 0.717) is 23.0 Å². The first-order valence-electron chi connectivity index (χ1n) is 12.0. The number of methoxy groups -OCH3 is 1. The minimum atomic E-state index is -0.186. The van der Waals surface area contributed by atoms with Crippen LogP contribution >= 0.6 is 0 Å². The first-order valence-corrected chi connectivity index (χ1v) is 12.0. The summed E-state index contributed by atoms with van der Waals surface area (Å²) >= 11 is 0. The summed E-state index contributed by atoms with van der Waals surface area (Å²) in [5.41, 5.74) is 8.50. The molecule has 2 fully saturated rings. The van der Waals surface area contributed by atoms with Gasteiger partial charge in [0.1, 0.15) is 18.0 Å². The lowest BCUT2D eigenvalue weighted by molar-refractivity contribution is 0.173. The van der Waals surface area contributed by atoms with Crippen molar-refractivity contribution in [1.82, 2.24) is 24.4 Å². The molecule has 180 valence electrons. The third-order valence-electron chi connectivity index (χ3n) is 7.04. The van der Waals surface area contributed by atoms with Crippen LogP contribution in [0.4, 0.5) is 16.0 Å². The maximum absolute atomic E-state index is 13.8. The summed E-state index contributed by atoms with van der Waals surface area (Å²) in [6, 6.07) is 5.24. The third kappa shape index (κ3) is 4.44. The fraction of sp³-hybridized carbons (Fsp3) is 0.480. The number of anilines is 2. The molecule has 8 nitrogen and oxygen atoms in total. The van der Waals surface area contributed by atoms with Crippen molar-refractivity contribution in [3.8, 4) is 17.0 Å². The SMILES string of the molecule is COc1c(N)ncnc1N1CCC(c2nc(-c3ccc(F)c(C)c3)cn2CCN2CCC2)CC1. The van der Waals surface area contributed by atoms with Crippen molar-refractivity contribution < 1.29 is 9.13 Å². The molecule has 1 aromatic carbocycles. The number of nitrogen functional groups attached to an aromatic ring is 1. The molecule has 2 saturated heterocycles. The molecule has 4 heterocycles. The molecule has 0 aliphatic carbocycles. The molecule has 0 bridgehead atoms. The molecule has 0 amide bonds. The van der Waals surface area contributed by atoms with E-state index in [2.05, 4.69) is 30.5 Å². The Hall–Kier alpha value is -3.20. The quantitative estimate of drug-likeness (QED) is 0.572. The number of ether oxygens (including phenoxy) is 1. The summed E-state index contributed by atoms with van der Waals surface area (Å²) in [4.78, 5) is 18.2. The van der Waals surface area contributed by atoms with E-state index in [1.54, 1.807) is 14.0 Å². The number of rotatable bonds is 7. The molecule has 0 atom stereocenters. The highest BCUT2D eigenvalue weighted by molar-refractivity contribution is 5.63. The van der Waals surface area contributed by atoms with Crippen LogP contribution < -0.4 is 15.4 Å². The Bertz CT molecular complexity index is 1150. The van der Waals surface area contributed by atoms with E-state index in [1.807, 2.05) is 12.1 Å². The van der Waals surface area contributed by atoms with Crippen LogP contribution in [0.5, 0.6) is 5.75 Å². The van der Waals surface area contributed by atoms with E-state index >= 15 is 0 Å². The minimum absolute atomic E-state index is 0.186. The van der Waals surface area contributed by atoms with Crippen molar-refractivity contribution in [3.05, 3.63) is 47.9 Å². The number of aryl methyl sites for hydroxylation is 1. The predicted molar refractivity (Wildman–Crippen MR) is 131 cm³/mol. The van der Waals surface area contributed by atoms with Crippen LogP contribution in [0.1, 0.15) is 36.6 Å². The zero-order chi connectivity index (χ0) is 23.7. The van der Waals surface area contributed by atoms with E-state index in [0.717, 1.165) is 61.9 Å². The summed E-state index contributed by atoms with van der Waals surface area (Å²) in [5, 5.41) is 0. The highest BCUT2D eigenvalue weighted by Crippen LogP contribution is 2.36. The first-order chi connectivity index (χ1) is 16.5. The van der Waals surface area contributed by atoms with E-state index < -0.39 is 0 Å². The number of nitrogens with zero attached hydrogens (tertiary/aromatic N) is 6. The predicted octanol–water partition coefficient (Wildman–Crippen LogP) is 3.47. The van der Waals surface area contributed by atoms with Crippen LogP contribution in [0.25, 0.3) is 11.3 Å². The van der Waals surface area contributed by atoms with Gasteiger partial charge in [0.25, 0.3) is 0 Å². The van der Waals surface area contributed by atoms with Crippen molar-refractivity contribution in [1.29, 1.82) is 0 Å². The van der Waals surface area contributed by atoms with Crippen LogP contribution in [-0.2, 0) is 6.54 Å². The van der Waals surface area contributed by atoms with Gasteiger partial charge < -0.3 is 24.8 Å². The van der Waals surface area contributed by atoms with Crippen LogP contribution in [-0.4, -0.2) is 64.3 Å². The third-order valence-corrected chi connectivity index (χ3v) is 7.04. The Labute approximate surface area is 199 Å². The van der Waals surface area contributed by atoms with Gasteiger partial charge in [-0.15, -0.1) is 0 Å². The van der Waals surface area contributed by atoms with Crippen LogP contribution in [0, 0.1) is 12.7 Å². The average Bonchev–Trinajstić information content (AvgIpc) is 3.24. The van der Waals surface area contributed by atoms with Crippen LogP contribution in [0.3, 0.4) is 0 Å². The van der Waals surface area contributed by atoms with E-state index in [4.69, 9.17) is 15.5 Å². The Morgan fingerprint density at radius 3 is 2.59 bits per heavy atom. The van der Waals surface area contributed by atoms with Crippen molar-refractivity contribution in [3.63, 3.8) is 0 Å². The summed E-state index contributed by atoms with van der Waals surface area (Å²) in [6.07, 6.45) is 6.82. The molecule has 0 unspecified atom stereocenters. The lowest BCUT2D eigenvalue weighted by atomic mass is 9.95. The highest BCUT2D eigenvalue weighted by atomic mass is 19.1. The molecule has 2 aliphatic rings. The molecule has 34 heavy (non-hydrogen) atoms. The van der Waals surface area contributed by atoms with Gasteiger partial charge in [-0.25, -0.2) is 19.3 Å². The van der Waals surface area contributed by atoms with Crippen molar-refractivity contribution in [2.45, 2.75) is 38.6 Å². The molecule has 5 rings (SSSR count). The van der Waals surface area contributed by atoms with E-state index in [-0.39, 0.29) is 5.82 Å². The largest absolute Gasteiger partial charge is 0.490 e. The highest BCUT2D eigenvalue weighted by Gasteiger charge is 2.28. The minimum Gasteiger partial charge on any atom is -0.490 e. The summed E-state index contributed by atoms with van der Waals surface area (Å²) in [7, 11) is 1.60. The van der Waals surface area contributed by atoms with Crippen molar-refractivity contribution >= 4 is 11.6 Å². The lowest BCUT2D eigenvalue weighted by Gasteiger charge is -2.34.